The number of rotatable bonds is 2. The average Bonchev–Trinajstić information content (AvgIpc) is 1.95. The maximum Gasteiger partial charge on any atom is 0.425 e. The zero-order valence-corrected chi connectivity index (χ0v) is 11.4. The number of carbonyl (C=O) groups is 2. The lowest BCUT2D eigenvalue weighted by Gasteiger charge is -2.25. The minimum Gasteiger partial charge on any atom is -0.459 e. The van der Waals surface area contributed by atoms with E-state index in [1.165, 1.54) is 0 Å². The molecule has 0 aromatic carbocycles. The second-order valence-electron chi connectivity index (χ2n) is 5.69. The molecule has 0 radical (unpaired) electrons. The number of hydrogen-bond acceptors (Lipinski definition) is 5. The molecule has 0 rings (SSSR count). The maximum absolute atomic E-state index is 11.4. The zero-order chi connectivity index (χ0) is 13.9. The number of nitrogens with zero attached hydrogens (tertiary/aromatic N) is 1. The van der Waals surface area contributed by atoms with Crippen LogP contribution in [0.5, 0.6) is 0 Å². The van der Waals surface area contributed by atoms with Crippen molar-refractivity contribution in [3.05, 3.63) is 0 Å². The van der Waals surface area contributed by atoms with Gasteiger partial charge in [0.05, 0.1) is 0 Å². The lowest BCUT2D eigenvalue weighted by molar-refractivity contribution is -0.156. The van der Waals surface area contributed by atoms with Gasteiger partial charge in [-0.2, -0.15) is 0 Å². The SMILES string of the molecule is CC(C)(C)OC(=O)CN(N)C(=O)OC(C)(C)C. The van der Waals surface area contributed by atoms with Crippen molar-refractivity contribution in [1.82, 2.24) is 5.01 Å². The molecule has 6 nitrogen and oxygen atoms in total. The lowest BCUT2D eigenvalue weighted by Crippen LogP contribution is -2.45. The van der Waals surface area contributed by atoms with E-state index in [0.717, 1.165) is 0 Å². The molecule has 0 aromatic heterocycles. The third-order valence-corrected chi connectivity index (χ3v) is 1.35. The van der Waals surface area contributed by atoms with E-state index in [1.807, 2.05) is 0 Å². The minimum absolute atomic E-state index is 0.341. The summed E-state index contributed by atoms with van der Waals surface area (Å²) in [4.78, 5) is 22.8. The highest BCUT2D eigenvalue weighted by Crippen LogP contribution is 2.10. The first-order chi connectivity index (χ1) is 7.41. The van der Waals surface area contributed by atoms with Gasteiger partial charge >= 0.3 is 12.1 Å². The van der Waals surface area contributed by atoms with Gasteiger partial charge in [0.15, 0.2) is 0 Å². The Labute approximate surface area is 102 Å². The normalized spacial score (nSPS) is 11.9. The van der Waals surface area contributed by atoms with Crippen LogP contribution in [0.4, 0.5) is 4.79 Å². The number of nitrogens with two attached hydrogens (primary N) is 1. The smallest absolute Gasteiger partial charge is 0.425 e. The monoisotopic (exact) mass is 246 g/mol. The van der Waals surface area contributed by atoms with E-state index >= 15 is 0 Å². The van der Waals surface area contributed by atoms with Gasteiger partial charge in [-0.3, -0.25) is 4.79 Å². The van der Waals surface area contributed by atoms with Crippen LogP contribution in [-0.2, 0) is 14.3 Å². The fourth-order valence-corrected chi connectivity index (χ4v) is 0.898. The van der Waals surface area contributed by atoms with Gasteiger partial charge in [-0.1, -0.05) is 0 Å². The molecular weight excluding hydrogens is 224 g/mol. The Morgan fingerprint density at radius 1 is 1.00 bits per heavy atom. The maximum atomic E-state index is 11.4. The Bertz CT molecular complexity index is 289. The molecule has 0 aliphatic carbocycles. The quantitative estimate of drug-likeness (QED) is 0.345. The standard InChI is InChI=1S/C11H22N2O4/c1-10(2,3)16-8(14)7-13(12)9(15)17-11(4,5)6/h7,12H2,1-6H3. The number of esters is 1. The van der Waals surface area contributed by atoms with Gasteiger partial charge in [-0.15, -0.1) is 0 Å². The summed E-state index contributed by atoms with van der Waals surface area (Å²) in [6.07, 6.45) is -0.761. The van der Waals surface area contributed by atoms with Gasteiger partial charge in [0.2, 0.25) is 0 Å². The summed E-state index contributed by atoms with van der Waals surface area (Å²) in [6, 6.07) is 0. The second kappa shape index (κ2) is 5.35. The second-order valence-corrected chi connectivity index (χ2v) is 5.69. The van der Waals surface area contributed by atoms with Crippen molar-refractivity contribution in [2.75, 3.05) is 6.54 Å². The van der Waals surface area contributed by atoms with E-state index in [-0.39, 0.29) is 6.54 Å². The number of amides is 1. The molecule has 0 aliphatic rings. The molecule has 6 heteroatoms. The third kappa shape index (κ3) is 8.50. The van der Waals surface area contributed by atoms with Crippen molar-refractivity contribution in [1.29, 1.82) is 0 Å². The van der Waals surface area contributed by atoms with Gasteiger partial charge in [-0.05, 0) is 41.5 Å². The van der Waals surface area contributed by atoms with Crippen molar-refractivity contribution < 1.29 is 19.1 Å². The van der Waals surface area contributed by atoms with Gasteiger partial charge in [0.1, 0.15) is 17.7 Å². The van der Waals surface area contributed by atoms with Crippen molar-refractivity contribution in [3.63, 3.8) is 0 Å². The molecule has 0 saturated carbocycles. The van der Waals surface area contributed by atoms with Gasteiger partial charge < -0.3 is 9.47 Å². The molecule has 0 spiro atoms. The number of carbonyl (C=O) groups excluding carboxylic acids is 2. The Morgan fingerprint density at radius 3 is 1.76 bits per heavy atom. The van der Waals surface area contributed by atoms with Crippen LogP contribution in [-0.4, -0.2) is 34.8 Å². The van der Waals surface area contributed by atoms with E-state index < -0.39 is 23.3 Å². The lowest BCUT2D eigenvalue weighted by atomic mass is 10.2. The molecule has 0 bridgehead atoms. The molecular formula is C11H22N2O4. The minimum atomic E-state index is -0.761. The van der Waals surface area contributed by atoms with Gasteiger partial charge in [0, 0.05) is 0 Å². The number of hydrogen-bond donors (Lipinski definition) is 1. The fraction of sp³-hybridized carbons (Fsp3) is 0.818. The third-order valence-electron chi connectivity index (χ3n) is 1.35. The molecule has 17 heavy (non-hydrogen) atoms. The highest BCUT2D eigenvalue weighted by Gasteiger charge is 2.24. The van der Waals surface area contributed by atoms with Gasteiger partial charge in [0.25, 0.3) is 0 Å². The molecule has 1 amide bonds. The van der Waals surface area contributed by atoms with Gasteiger partial charge in [-0.25, -0.2) is 15.6 Å². The summed E-state index contributed by atoms with van der Waals surface area (Å²) in [5.74, 6) is 4.82. The summed E-state index contributed by atoms with van der Waals surface area (Å²) >= 11 is 0. The van der Waals surface area contributed by atoms with Crippen LogP contribution in [0.3, 0.4) is 0 Å². The average molecular weight is 246 g/mol. The summed E-state index contributed by atoms with van der Waals surface area (Å²) in [7, 11) is 0. The van der Waals surface area contributed by atoms with E-state index in [1.54, 1.807) is 41.5 Å². The van der Waals surface area contributed by atoms with Crippen LogP contribution in [0, 0.1) is 0 Å². The van der Waals surface area contributed by atoms with E-state index in [9.17, 15) is 9.59 Å². The van der Waals surface area contributed by atoms with Crippen molar-refractivity contribution in [2.24, 2.45) is 5.84 Å². The molecule has 0 heterocycles. The van der Waals surface area contributed by atoms with Crippen LogP contribution in [0.1, 0.15) is 41.5 Å². The molecule has 100 valence electrons. The van der Waals surface area contributed by atoms with Crippen LogP contribution in [0.2, 0.25) is 0 Å². The first-order valence-corrected chi connectivity index (χ1v) is 5.38. The van der Waals surface area contributed by atoms with Crippen LogP contribution in [0.25, 0.3) is 0 Å². The Balaban J connectivity index is 4.22. The highest BCUT2D eigenvalue weighted by molar-refractivity contribution is 5.78. The number of ether oxygens (including phenoxy) is 2. The van der Waals surface area contributed by atoms with E-state index in [0.29, 0.717) is 5.01 Å². The largest absolute Gasteiger partial charge is 0.459 e. The Kier molecular flexibility index (Phi) is 4.94. The molecule has 0 unspecified atom stereocenters. The predicted octanol–water partition coefficient (Wildman–Crippen LogP) is 1.44. The highest BCUT2D eigenvalue weighted by atomic mass is 16.6. The Hall–Kier alpha value is -1.30. The zero-order valence-electron chi connectivity index (χ0n) is 11.4. The molecule has 0 saturated heterocycles. The van der Waals surface area contributed by atoms with Crippen LogP contribution < -0.4 is 5.84 Å². The first-order valence-electron chi connectivity index (χ1n) is 5.38. The molecule has 0 aromatic rings. The first kappa shape index (κ1) is 15.7. The fourth-order valence-electron chi connectivity index (χ4n) is 0.898. The summed E-state index contributed by atoms with van der Waals surface area (Å²) in [5.41, 5.74) is -1.26. The molecule has 0 fully saturated rings. The molecule has 0 aliphatic heterocycles. The van der Waals surface area contributed by atoms with Crippen molar-refractivity contribution in [3.8, 4) is 0 Å². The van der Waals surface area contributed by atoms with Crippen LogP contribution >= 0.6 is 0 Å². The summed E-state index contributed by atoms with van der Waals surface area (Å²) in [5, 5.41) is 0.694. The Morgan fingerprint density at radius 2 is 1.41 bits per heavy atom. The molecule has 2 N–H and O–H groups in total. The van der Waals surface area contributed by atoms with Crippen molar-refractivity contribution >= 4 is 12.1 Å². The summed E-state index contributed by atoms with van der Waals surface area (Å²) < 4.78 is 10.0. The summed E-state index contributed by atoms with van der Waals surface area (Å²) in [6.45, 7) is 10.0. The number of hydrazine groups is 1. The predicted molar refractivity (Wildman–Crippen MR) is 63.0 cm³/mol. The topological polar surface area (TPSA) is 81.9 Å². The van der Waals surface area contributed by atoms with Crippen LogP contribution in [0.15, 0.2) is 0 Å². The van der Waals surface area contributed by atoms with E-state index in [2.05, 4.69) is 0 Å². The van der Waals surface area contributed by atoms with Crippen molar-refractivity contribution in [2.45, 2.75) is 52.7 Å². The molecule has 0 atom stereocenters. The van der Waals surface area contributed by atoms with E-state index in [4.69, 9.17) is 15.3 Å².